The van der Waals surface area contributed by atoms with Crippen molar-refractivity contribution in [1.29, 1.82) is 5.26 Å². The van der Waals surface area contributed by atoms with Crippen molar-refractivity contribution in [1.82, 2.24) is 15.1 Å². The first-order valence-electron chi connectivity index (χ1n) is 9.00. The molecule has 1 saturated carbocycles. The highest BCUT2D eigenvalue weighted by molar-refractivity contribution is 7.80. The Balaban J connectivity index is 1.78. The summed E-state index contributed by atoms with van der Waals surface area (Å²) < 4.78 is 0. The summed E-state index contributed by atoms with van der Waals surface area (Å²) in [6, 6.07) is 7.71. The molecule has 1 aliphatic heterocycles. The number of thiocarbonyl (C=S) groups is 1. The van der Waals surface area contributed by atoms with Crippen molar-refractivity contribution in [2.75, 3.05) is 4.90 Å². The number of carbonyl (C=O) groups excluding carboxylic acids is 1. The molecule has 29 heavy (non-hydrogen) atoms. The highest BCUT2D eigenvalue weighted by Crippen LogP contribution is 2.48. The molecule has 2 heterocycles. The normalized spacial score (nSPS) is 19.4. The Hall–Kier alpha value is -3.02. The number of halogens is 1. The van der Waals surface area contributed by atoms with Crippen molar-refractivity contribution in [2.45, 2.75) is 31.7 Å². The molecule has 2 aliphatic rings. The van der Waals surface area contributed by atoms with E-state index in [9.17, 15) is 4.79 Å². The van der Waals surface area contributed by atoms with Crippen LogP contribution >= 0.6 is 23.8 Å². The largest absolute Gasteiger partial charge is 0.303 e. The fourth-order valence-electron chi connectivity index (χ4n) is 3.84. The lowest BCUT2D eigenvalue weighted by Gasteiger charge is -2.43. The molecule has 7 nitrogen and oxygen atoms in total. The first-order chi connectivity index (χ1) is 13.9. The molecule has 0 unspecified atom stereocenters. The number of rotatable bonds is 4. The maximum Gasteiger partial charge on any atom is 0.259 e. The second-order valence-electron chi connectivity index (χ2n) is 7.04. The molecule has 0 radical (unpaired) electrons. The molecule has 1 aliphatic carbocycles. The zero-order chi connectivity index (χ0) is 20.8. The van der Waals surface area contributed by atoms with E-state index in [4.69, 9.17) is 29.1 Å². The first-order valence-corrected chi connectivity index (χ1v) is 9.78. The summed E-state index contributed by atoms with van der Waals surface area (Å²) in [5.74, 6) is -0.0793. The molecule has 4 rings (SSSR count). The number of nitrogens with one attached hydrogen (secondary N) is 1. The van der Waals surface area contributed by atoms with Gasteiger partial charge in [-0.25, -0.2) is 0 Å². The topological polar surface area (TPSA) is 88.4 Å². The second kappa shape index (κ2) is 7.10. The Labute approximate surface area is 177 Å². The van der Waals surface area contributed by atoms with E-state index in [-0.39, 0.29) is 16.6 Å². The number of nitriles is 1. The number of hydrogen-bond donors (Lipinski definition) is 1. The van der Waals surface area contributed by atoms with E-state index in [0.29, 0.717) is 10.8 Å². The zero-order valence-electron chi connectivity index (χ0n) is 15.6. The van der Waals surface area contributed by atoms with Crippen LogP contribution in [0.3, 0.4) is 0 Å². The average molecular weight is 425 g/mol. The van der Waals surface area contributed by atoms with Crippen LogP contribution in [0.25, 0.3) is 10.9 Å². The van der Waals surface area contributed by atoms with E-state index in [0.717, 1.165) is 35.9 Å². The number of H-pyrrole nitrogens is 1. The predicted molar refractivity (Wildman–Crippen MR) is 116 cm³/mol. The van der Waals surface area contributed by atoms with E-state index in [1.165, 1.54) is 11.0 Å². The summed E-state index contributed by atoms with van der Waals surface area (Å²) in [6.07, 6.45) is 5.66. The summed E-state index contributed by atoms with van der Waals surface area (Å²) in [5, 5.41) is 17.5. The predicted octanol–water partition coefficient (Wildman–Crippen LogP) is 4.00. The number of aromatic amines is 1. The van der Waals surface area contributed by atoms with Crippen LogP contribution in [-0.2, 0) is 4.79 Å². The summed E-state index contributed by atoms with van der Waals surface area (Å²) in [4.78, 5) is 20.5. The molecule has 0 bridgehead atoms. The number of aromatic nitrogens is 2. The molecule has 1 aromatic carbocycles. The Morgan fingerprint density at radius 2 is 2.28 bits per heavy atom. The Kier molecular flexibility index (Phi) is 4.73. The smallest absolute Gasteiger partial charge is 0.259 e. The minimum Gasteiger partial charge on any atom is -0.303 e. The number of amides is 1. The molecule has 2 fully saturated rings. The van der Waals surface area contributed by atoms with Crippen LogP contribution in [0.5, 0.6) is 0 Å². The fourth-order valence-corrected chi connectivity index (χ4v) is 4.61. The number of aliphatic imine (C=N–C) groups is 1. The van der Waals surface area contributed by atoms with Gasteiger partial charge in [0, 0.05) is 16.8 Å². The number of anilines is 1. The molecular weight excluding hydrogens is 408 g/mol. The molecule has 1 amide bonds. The number of hydrogen-bond acceptors (Lipinski definition) is 5. The molecule has 2 aromatic rings. The van der Waals surface area contributed by atoms with Crippen molar-refractivity contribution in [2.24, 2.45) is 4.99 Å². The molecule has 1 N–H and O–H groups in total. The minimum atomic E-state index is -0.686. The van der Waals surface area contributed by atoms with E-state index in [1.807, 2.05) is 29.2 Å². The lowest BCUT2D eigenvalue weighted by atomic mass is 9.75. The van der Waals surface area contributed by atoms with Crippen molar-refractivity contribution in [3.8, 4) is 6.07 Å². The van der Waals surface area contributed by atoms with Gasteiger partial charge in [0.15, 0.2) is 10.8 Å². The summed E-state index contributed by atoms with van der Waals surface area (Å²) >= 11 is 11.9. The monoisotopic (exact) mass is 424 g/mol. The fraction of sp³-hybridized carbons (Fsp3) is 0.250. The number of benzene rings is 1. The summed E-state index contributed by atoms with van der Waals surface area (Å²) in [6.45, 7) is 5.07. The molecule has 1 aromatic heterocycles. The molecule has 1 saturated heterocycles. The van der Waals surface area contributed by atoms with Crippen LogP contribution in [0.4, 0.5) is 5.69 Å². The van der Waals surface area contributed by atoms with Crippen LogP contribution in [0, 0.1) is 11.3 Å². The average Bonchev–Trinajstić information content (AvgIpc) is 3.21. The Morgan fingerprint density at radius 3 is 2.90 bits per heavy atom. The van der Waals surface area contributed by atoms with Gasteiger partial charge in [-0.1, -0.05) is 11.6 Å². The van der Waals surface area contributed by atoms with E-state index in [1.54, 1.807) is 13.1 Å². The number of nitrogens with zero attached hydrogens (tertiary/aromatic N) is 5. The SMILES string of the molecule is C=N/C(C#N)=C(Cl)\C=C(/C)N1C(=O)C2(CCC2)N(c2ccc3[nH]ncc3c2)C1=S. The van der Waals surface area contributed by atoms with E-state index >= 15 is 0 Å². The molecule has 0 atom stereocenters. The van der Waals surface area contributed by atoms with Gasteiger partial charge in [-0.2, -0.15) is 10.4 Å². The maximum absolute atomic E-state index is 13.4. The van der Waals surface area contributed by atoms with Crippen LogP contribution < -0.4 is 4.90 Å². The minimum absolute atomic E-state index is 0.01000. The summed E-state index contributed by atoms with van der Waals surface area (Å²) in [5.41, 5.74) is 1.59. The third kappa shape index (κ3) is 2.85. The Morgan fingerprint density at radius 1 is 1.52 bits per heavy atom. The van der Waals surface area contributed by atoms with Gasteiger partial charge in [-0.3, -0.25) is 19.8 Å². The van der Waals surface area contributed by atoms with Gasteiger partial charge >= 0.3 is 0 Å². The zero-order valence-corrected chi connectivity index (χ0v) is 17.2. The van der Waals surface area contributed by atoms with Crippen LogP contribution in [0.1, 0.15) is 26.2 Å². The molecule has 9 heteroatoms. The quantitative estimate of drug-likeness (QED) is 0.347. The number of fused-ring (bicyclic) bond motifs is 1. The second-order valence-corrected chi connectivity index (χ2v) is 7.81. The highest BCUT2D eigenvalue weighted by atomic mass is 35.5. The van der Waals surface area contributed by atoms with Gasteiger partial charge in [-0.05, 0) is 69.4 Å². The van der Waals surface area contributed by atoms with Crippen molar-refractivity contribution in [3.05, 3.63) is 46.9 Å². The lowest BCUT2D eigenvalue weighted by molar-refractivity contribution is -0.131. The number of carbonyl (C=O) groups is 1. The van der Waals surface area contributed by atoms with Gasteiger partial charge in [0.05, 0.1) is 16.7 Å². The van der Waals surface area contributed by atoms with Crippen molar-refractivity contribution < 1.29 is 4.79 Å². The number of allylic oxidation sites excluding steroid dienone is 4. The Bertz CT molecular complexity index is 1150. The van der Waals surface area contributed by atoms with Crippen molar-refractivity contribution in [3.63, 3.8) is 0 Å². The lowest BCUT2D eigenvalue weighted by Crippen LogP contribution is -2.55. The summed E-state index contributed by atoms with van der Waals surface area (Å²) in [7, 11) is 0. The maximum atomic E-state index is 13.4. The van der Waals surface area contributed by atoms with Gasteiger partial charge in [0.25, 0.3) is 5.91 Å². The molecule has 1 spiro atoms. The van der Waals surface area contributed by atoms with Crippen molar-refractivity contribution >= 4 is 58.1 Å². The van der Waals surface area contributed by atoms with Crippen LogP contribution in [0.15, 0.2) is 51.9 Å². The van der Waals surface area contributed by atoms with Gasteiger partial charge < -0.3 is 4.90 Å². The van der Waals surface area contributed by atoms with Crippen LogP contribution in [-0.4, -0.2) is 38.4 Å². The van der Waals surface area contributed by atoms with Gasteiger partial charge in [0.1, 0.15) is 11.6 Å². The van der Waals surface area contributed by atoms with Crippen LogP contribution in [0.2, 0.25) is 0 Å². The highest BCUT2D eigenvalue weighted by Gasteiger charge is 2.59. The standard InChI is InChI=1S/C20H17ClN6OS/c1-12(8-15(21)17(10-22)23-2)26-18(28)20(6-3-7-20)27(19(26)29)14-4-5-16-13(9-14)11-24-25-16/h4-5,8-9,11H,2-3,6-7H2,1H3,(H,24,25)/b12-8+,17-15+. The van der Waals surface area contributed by atoms with Gasteiger partial charge in [0.2, 0.25) is 0 Å². The molecular formula is C20H17ClN6OS. The van der Waals surface area contributed by atoms with E-state index in [2.05, 4.69) is 21.9 Å². The van der Waals surface area contributed by atoms with Gasteiger partial charge in [-0.15, -0.1) is 0 Å². The third-order valence-corrected chi connectivity index (χ3v) is 6.11. The van der Waals surface area contributed by atoms with E-state index < -0.39 is 5.54 Å². The third-order valence-electron chi connectivity index (χ3n) is 5.45. The molecule has 146 valence electrons. The first kappa shape index (κ1) is 19.3.